The topological polar surface area (TPSA) is 116 Å². The minimum atomic E-state index is -0.509. The average molecular weight is 387 g/mol. The lowest BCUT2D eigenvalue weighted by Gasteiger charge is -2.21. The molecule has 0 fully saturated rings. The van der Waals surface area contributed by atoms with Crippen molar-refractivity contribution in [3.05, 3.63) is 51.9 Å². The Morgan fingerprint density at radius 1 is 1.25 bits per heavy atom. The number of nitrogens with two attached hydrogens (primary N) is 1. The number of carbonyl (C=O) groups is 1. The van der Waals surface area contributed by atoms with Crippen molar-refractivity contribution >= 4 is 23.8 Å². The highest BCUT2D eigenvalue weighted by atomic mass is 16.1. The van der Waals surface area contributed by atoms with Crippen molar-refractivity contribution in [2.24, 2.45) is 10.8 Å². The van der Waals surface area contributed by atoms with Crippen LogP contribution in [0, 0.1) is 0 Å². The quantitative estimate of drug-likeness (QED) is 0.452. The second kappa shape index (κ2) is 12.3. The van der Waals surface area contributed by atoms with Crippen LogP contribution in [0.2, 0.25) is 0 Å². The van der Waals surface area contributed by atoms with Crippen LogP contribution < -0.4 is 21.6 Å². The third kappa shape index (κ3) is 7.22. The summed E-state index contributed by atoms with van der Waals surface area (Å²) in [6.45, 7) is 9.79. The number of nitrogens with one attached hydrogen (secondary N) is 2. The maximum absolute atomic E-state index is 11.9. The number of anilines is 2. The zero-order valence-corrected chi connectivity index (χ0v) is 17.0. The Bertz CT molecular complexity index is 825. The number of rotatable bonds is 9. The van der Waals surface area contributed by atoms with E-state index < -0.39 is 5.91 Å². The second-order valence-corrected chi connectivity index (χ2v) is 5.80. The molecule has 8 heteroatoms. The van der Waals surface area contributed by atoms with Crippen LogP contribution in [0.15, 0.2) is 40.2 Å². The number of amides is 1. The van der Waals surface area contributed by atoms with Crippen molar-refractivity contribution in [3.8, 4) is 0 Å². The van der Waals surface area contributed by atoms with Crippen molar-refractivity contribution in [1.29, 1.82) is 0 Å². The third-order valence-electron chi connectivity index (χ3n) is 3.57. The van der Waals surface area contributed by atoms with Gasteiger partial charge in [-0.2, -0.15) is 5.10 Å². The van der Waals surface area contributed by atoms with E-state index in [1.807, 2.05) is 18.7 Å². The number of H-pyrrole nitrogens is 1. The molecule has 1 amide bonds. The molecule has 0 saturated heterocycles. The SMILES string of the molecule is CC.CCCN(CCC)c1nc(/C=N/Nc2cccc(C(N)=O)c2)cc(=O)[nH]1. The maximum Gasteiger partial charge on any atom is 0.252 e. The summed E-state index contributed by atoms with van der Waals surface area (Å²) in [7, 11) is 0. The molecule has 4 N–H and O–H groups in total. The second-order valence-electron chi connectivity index (χ2n) is 5.80. The smallest absolute Gasteiger partial charge is 0.252 e. The number of primary amides is 1. The summed E-state index contributed by atoms with van der Waals surface area (Å²) in [5.74, 6) is 0.0313. The van der Waals surface area contributed by atoms with Gasteiger partial charge in [0.25, 0.3) is 5.56 Å². The highest BCUT2D eigenvalue weighted by Crippen LogP contribution is 2.10. The van der Waals surface area contributed by atoms with E-state index in [1.54, 1.807) is 24.3 Å². The fourth-order valence-electron chi connectivity index (χ4n) is 2.46. The minimum absolute atomic E-state index is 0.232. The monoisotopic (exact) mass is 386 g/mol. The molecule has 0 aliphatic rings. The van der Waals surface area contributed by atoms with Gasteiger partial charge in [-0.1, -0.05) is 33.8 Å². The van der Waals surface area contributed by atoms with Crippen molar-refractivity contribution in [2.75, 3.05) is 23.4 Å². The van der Waals surface area contributed by atoms with Gasteiger partial charge in [0, 0.05) is 24.7 Å². The first-order valence-electron chi connectivity index (χ1n) is 9.58. The first-order chi connectivity index (χ1) is 13.5. The summed E-state index contributed by atoms with van der Waals surface area (Å²) in [6, 6.07) is 8.06. The predicted octanol–water partition coefficient (Wildman–Crippen LogP) is 2.97. The molecular weight excluding hydrogens is 356 g/mol. The van der Waals surface area contributed by atoms with Crippen molar-refractivity contribution in [2.45, 2.75) is 40.5 Å². The molecule has 0 spiro atoms. The zero-order chi connectivity index (χ0) is 20.9. The van der Waals surface area contributed by atoms with Gasteiger partial charge < -0.3 is 10.6 Å². The highest BCUT2D eigenvalue weighted by Gasteiger charge is 2.08. The molecule has 1 aromatic carbocycles. The standard InChI is InChI=1S/C18H24N6O2.C2H6/c1-3-8-24(9-4-2)18-21-15(11-16(25)22-18)12-20-23-14-7-5-6-13(10-14)17(19)26;1-2/h5-7,10-12,23H,3-4,8-9H2,1-2H3,(H2,19,26)(H,21,22,25);1-2H3/b20-12+;. The maximum atomic E-state index is 11.9. The number of aromatic amines is 1. The van der Waals surface area contributed by atoms with Crippen LogP contribution >= 0.6 is 0 Å². The summed E-state index contributed by atoms with van der Waals surface area (Å²) >= 11 is 0. The Morgan fingerprint density at radius 2 is 1.93 bits per heavy atom. The van der Waals surface area contributed by atoms with E-state index in [1.165, 1.54) is 12.3 Å². The molecule has 0 aliphatic carbocycles. The van der Waals surface area contributed by atoms with Gasteiger partial charge >= 0.3 is 0 Å². The van der Waals surface area contributed by atoms with Crippen molar-refractivity contribution < 1.29 is 4.79 Å². The lowest BCUT2D eigenvalue weighted by Crippen LogP contribution is -2.29. The van der Waals surface area contributed by atoms with Crippen LogP contribution in [-0.2, 0) is 0 Å². The first-order valence-corrected chi connectivity index (χ1v) is 9.58. The molecule has 0 aliphatic heterocycles. The molecule has 0 radical (unpaired) electrons. The number of hydrazone groups is 1. The van der Waals surface area contributed by atoms with Crippen LogP contribution in [0.3, 0.4) is 0 Å². The van der Waals surface area contributed by atoms with Gasteiger partial charge in [-0.3, -0.25) is 20.0 Å². The lowest BCUT2D eigenvalue weighted by molar-refractivity contribution is 0.100. The molecule has 1 aromatic heterocycles. The minimum Gasteiger partial charge on any atom is -0.366 e. The number of carbonyl (C=O) groups excluding carboxylic acids is 1. The summed E-state index contributed by atoms with van der Waals surface area (Å²) < 4.78 is 0. The van der Waals surface area contributed by atoms with Gasteiger partial charge in [0.1, 0.15) is 0 Å². The molecule has 0 atom stereocenters. The van der Waals surface area contributed by atoms with Crippen LogP contribution in [0.1, 0.15) is 56.6 Å². The van der Waals surface area contributed by atoms with Crippen LogP contribution in [-0.4, -0.2) is 35.2 Å². The normalized spacial score (nSPS) is 10.3. The number of hydrogen-bond acceptors (Lipinski definition) is 6. The van der Waals surface area contributed by atoms with Gasteiger partial charge in [0.05, 0.1) is 17.6 Å². The van der Waals surface area contributed by atoms with Crippen LogP contribution in [0.25, 0.3) is 0 Å². The number of hydrogen-bond donors (Lipinski definition) is 3. The Balaban J connectivity index is 0.00000190. The Morgan fingerprint density at radius 3 is 2.54 bits per heavy atom. The summed E-state index contributed by atoms with van der Waals surface area (Å²) in [4.78, 5) is 32.4. The van der Waals surface area contributed by atoms with Gasteiger partial charge in [-0.05, 0) is 31.0 Å². The average Bonchev–Trinajstić information content (AvgIpc) is 2.69. The third-order valence-corrected chi connectivity index (χ3v) is 3.57. The number of aromatic nitrogens is 2. The predicted molar refractivity (Wildman–Crippen MR) is 115 cm³/mol. The van der Waals surface area contributed by atoms with Gasteiger partial charge in [-0.15, -0.1) is 0 Å². The van der Waals surface area contributed by atoms with Crippen molar-refractivity contribution in [3.63, 3.8) is 0 Å². The fourth-order valence-corrected chi connectivity index (χ4v) is 2.46. The van der Waals surface area contributed by atoms with Crippen molar-refractivity contribution in [1.82, 2.24) is 9.97 Å². The molecule has 2 aromatic rings. The molecule has 2 rings (SSSR count). The molecule has 0 saturated carbocycles. The molecular formula is C20H30N6O2. The Hall–Kier alpha value is -3.16. The molecule has 28 heavy (non-hydrogen) atoms. The fraction of sp³-hybridized carbons (Fsp3) is 0.400. The number of nitrogens with zero attached hydrogens (tertiary/aromatic N) is 3. The van der Waals surface area contributed by atoms with E-state index in [-0.39, 0.29) is 5.56 Å². The van der Waals surface area contributed by atoms with E-state index in [0.29, 0.717) is 22.9 Å². The summed E-state index contributed by atoms with van der Waals surface area (Å²) in [5.41, 5.74) is 9.27. The molecule has 0 bridgehead atoms. The molecule has 0 unspecified atom stereocenters. The number of benzene rings is 1. The Labute approximate surface area is 165 Å². The largest absolute Gasteiger partial charge is 0.366 e. The summed E-state index contributed by atoms with van der Waals surface area (Å²) in [5, 5.41) is 4.08. The zero-order valence-electron chi connectivity index (χ0n) is 17.0. The van der Waals surface area contributed by atoms with E-state index >= 15 is 0 Å². The lowest BCUT2D eigenvalue weighted by atomic mass is 10.2. The molecule has 1 heterocycles. The van der Waals surface area contributed by atoms with E-state index in [2.05, 4.69) is 34.3 Å². The van der Waals surface area contributed by atoms with E-state index in [0.717, 1.165) is 25.9 Å². The first kappa shape index (κ1) is 22.9. The van der Waals surface area contributed by atoms with Gasteiger partial charge in [0.2, 0.25) is 11.9 Å². The molecule has 8 nitrogen and oxygen atoms in total. The van der Waals surface area contributed by atoms with Gasteiger partial charge in [-0.25, -0.2) is 4.98 Å². The van der Waals surface area contributed by atoms with Crippen LogP contribution in [0.5, 0.6) is 0 Å². The van der Waals surface area contributed by atoms with E-state index in [4.69, 9.17) is 5.73 Å². The van der Waals surface area contributed by atoms with Crippen LogP contribution in [0.4, 0.5) is 11.6 Å². The highest BCUT2D eigenvalue weighted by molar-refractivity contribution is 5.93. The Kier molecular flexibility index (Phi) is 10.0. The van der Waals surface area contributed by atoms with E-state index in [9.17, 15) is 9.59 Å². The van der Waals surface area contributed by atoms with Gasteiger partial charge in [0.15, 0.2) is 0 Å². The summed E-state index contributed by atoms with van der Waals surface area (Å²) in [6.07, 6.45) is 3.38. The molecule has 152 valence electrons.